The van der Waals surface area contributed by atoms with Crippen molar-refractivity contribution in [3.8, 4) is 11.5 Å². The fraction of sp³-hybridized carbons (Fsp3) is 0.400. The molecule has 0 fully saturated rings. The van der Waals surface area contributed by atoms with Gasteiger partial charge in [-0.15, -0.1) is 11.3 Å². The predicted molar refractivity (Wildman–Crippen MR) is 81.6 cm³/mol. The van der Waals surface area contributed by atoms with E-state index in [-0.39, 0.29) is 0 Å². The summed E-state index contributed by atoms with van der Waals surface area (Å²) in [4.78, 5) is 4.38. The first-order chi connectivity index (χ1) is 9.72. The van der Waals surface area contributed by atoms with E-state index in [1.54, 1.807) is 18.4 Å². The molecule has 0 radical (unpaired) electrons. The Labute approximate surface area is 123 Å². The summed E-state index contributed by atoms with van der Waals surface area (Å²) < 4.78 is 11.2. The average molecular weight is 292 g/mol. The molecule has 1 heterocycles. The number of methoxy groups -OCH3 is 1. The summed E-state index contributed by atoms with van der Waals surface area (Å²) >= 11 is 1.63. The lowest BCUT2D eigenvalue weighted by atomic mass is 10.2. The molecule has 0 spiro atoms. The van der Waals surface area contributed by atoms with Gasteiger partial charge >= 0.3 is 0 Å². The zero-order valence-corrected chi connectivity index (χ0v) is 12.9. The molecule has 2 rings (SSSR count). The average Bonchev–Trinajstić information content (AvgIpc) is 2.88. The quantitative estimate of drug-likeness (QED) is 0.851. The van der Waals surface area contributed by atoms with Crippen LogP contribution in [0.4, 0.5) is 0 Å². The van der Waals surface area contributed by atoms with E-state index in [2.05, 4.69) is 17.2 Å². The lowest BCUT2D eigenvalue weighted by Gasteiger charge is -2.11. The number of rotatable bonds is 7. The lowest BCUT2D eigenvalue weighted by Crippen LogP contribution is -2.11. The Morgan fingerprint density at radius 2 is 2.15 bits per heavy atom. The van der Waals surface area contributed by atoms with E-state index < -0.39 is 0 Å². The third-order valence-corrected chi connectivity index (χ3v) is 3.67. The molecule has 4 nitrogen and oxygen atoms in total. The maximum atomic E-state index is 5.79. The van der Waals surface area contributed by atoms with E-state index in [9.17, 15) is 0 Å². The Morgan fingerprint density at radius 3 is 2.80 bits per heavy atom. The lowest BCUT2D eigenvalue weighted by molar-refractivity contribution is 0.281. The Hall–Kier alpha value is -1.59. The highest BCUT2D eigenvalue weighted by atomic mass is 32.1. The zero-order valence-electron chi connectivity index (χ0n) is 12.1. The van der Waals surface area contributed by atoms with Crippen LogP contribution in [0.25, 0.3) is 0 Å². The molecule has 0 unspecified atom stereocenters. The molecule has 20 heavy (non-hydrogen) atoms. The van der Waals surface area contributed by atoms with E-state index in [0.717, 1.165) is 35.3 Å². The van der Waals surface area contributed by atoms with Crippen LogP contribution in [0.3, 0.4) is 0 Å². The van der Waals surface area contributed by atoms with Gasteiger partial charge in [-0.2, -0.15) is 0 Å². The van der Waals surface area contributed by atoms with Crippen LogP contribution >= 0.6 is 11.3 Å². The first-order valence-corrected chi connectivity index (χ1v) is 7.52. The number of ether oxygens (including phenoxy) is 2. The highest BCUT2D eigenvalue weighted by Crippen LogP contribution is 2.28. The predicted octanol–water partition coefficient (Wildman–Crippen LogP) is 3.15. The highest BCUT2D eigenvalue weighted by Gasteiger charge is 2.07. The molecular formula is C15H20N2O2S. The number of nitrogens with zero attached hydrogens (tertiary/aromatic N) is 1. The molecule has 2 aromatic rings. The number of aromatic nitrogens is 1. The van der Waals surface area contributed by atoms with E-state index in [1.165, 1.54) is 5.56 Å². The van der Waals surface area contributed by atoms with Gasteiger partial charge < -0.3 is 14.8 Å². The van der Waals surface area contributed by atoms with Crippen molar-refractivity contribution in [2.24, 2.45) is 0 Å². The van der Waals surface area contributed by atoms with Gasteiger partial charge in [0.05, 0.1) is 17.8 Å². The van der Waals surface area contributed by atoms with Crippen LogP contribution in [0.1, 0.15) is 23.2 Å². The number of benzene rings is 1. The van der Waals surface area contributed by atoms with Gasteiger partial charge in [0.1, 0.15) is 6.61 Å². The summed E-state index contributed by atoms with van der Waals surface area (Å²) in [5.74, 6) is 1.51. The number of aryl methyl sites for hydroxylation is 1. The summed E-state index contributed by atoms with van der Waals surface area (Å²) in [6, 6.07) is 6.00. The molecule has 0 aliphatic rings. The first kappa shape index (κ1) is 14.8. The van der Waals surface area contributed by atoms with Gasteiger partial charge in [0.25, 0.3) is 0 Å². The van der Waals surface area contributed by atoms with Crippen molar-refractivity contribution >= 4 is 11.3 Å². The van der Waals surface area contributed by atoms with Gasteiger partial charge in [-0.25, -0.2) is 4.98 Å². The van der Waals surface area contributed by atoms with Crippen molar-refractivity contribution in [3.05, 3.63) is 39.8 Å². The fourth-order valence-corrected chi connectivity index (χ4v) is 2.43. The normalized spacial score (nSPS) is 10.6. The molecule has 0 aliphatic carbocycles. The molecule has 108 valence electrons. The van der Waals surface area contributed by atoms with Crippen LogP contribution in [0.5, 0.6) is 11.5 Å². The summed E-state index contributed by atoms with van der Waals surface area (Å²) in [7, 11) is 1.66. The Morgan fingerprint density at radius 1 is 1.30 bits per heavy atom. The highest BCUT2D eigenvalue weighted by molar-refractivity contribution is 7.09. The molecule has 0 amide bonds. The van der Waals surface area contributed by atoms with Crippen molar-refractivity contribution in [1.29, 1.82) is 0 Å². The standard InChI is InChI=1S/C15H20N2O2S/c1-4-16-8-12-5-6-14(15(7-12)18-3)19-9-13-10-20-11(2)17-13/h5-7,10,16H,4,8-9H2,1-3H3. The largest absolute Gasteiger partial charge is 0.493 e. The SMILES string of the molecule is CCNCc1ccc(OCc2csc(C)n2)c(OC)c1. The van der Waals surface area contributed by atoms with Crippen molar-refractivity contribution in [1.82, 2.24) is 10.3 Å². The topological polar surface area (TPSA) is 43.4 Å². The summed E-state index contributed by atoms with van der Waals surface area (Å²) in [5, 5.41) is 6.36. The van der Waals surface area contributed by atoms with Gasteiger partial charge in [0.15, 0.2) is 11.5 Å². The van der Waals surface area contributed by atoms with Crippen molar-refractivity contribution in [2.45, 2.75) is 27.0 Å². The van der Waals surface area contributed by atoms with Crippen LogP contribution in [-0.2, 0) is 13.2 Å². The Balaban J connectivity index is 2.03. The molecule has 1 N–H and O–H groups in total. The molecule has 0 saturated carbocycles. The first-order valence-electron chi connectivity index (χ1n) is 6.64. The van der Waals surface area contributed by atoms with Gasteiger partial charge in [0.2, 0.25) is 0 Å². The van der Waals surface area contributed by atoms with Crippen LogP contribution in [0.2, 0.25) is 0 Å². The molecule has 0 aliphatic heterocycles. The van der Waals surface area contributed by atoms with E-state index in [1.807, 2.05) is 30.5 Å². The molecule has 0 saturated heterocycles. The van der Waals surface area contributed by atoms with Crippen LogP contribution in [0.15, 0.2) is 23.6 Å². The number of thiazole rings is 1. The second-order valence-corrected chi connectivity index (χ2v) is 5.47. The van der Waals surface area contributed by atoms with E-state index in [0.29, 0.717) is 6.61 Å². The zero-order chi connectivity index (χ0) is 14.4. The molecular weight excluding hydrogens is 272 g/mol. The van der Waals surface area contributed by atoms with Gasteiger partial charge in [-0.05, 0) is 31.2 Å². The van der Waals surface area contributed by atoms with Gasteiger partial charge in [0, 0.05) is 11.9 Å². The van der Waals surface area contributed by atoms with Crippen LogP contribution in [0, 0.1) is 6.92 Å². The number of hydrogen-bond donors (Lipinski definition) is 1. The smallest absolute Gasteiger partial charge is 0.161 e. The molecule has 0 bridgehead atoms. The fourth-order valence-electron chi connectivity index (χ4n) is 1.84. The van der Waals surface area contributed by atoms with Crippen molar-refractivity contribution in [3.63, 3.8) is 0 Å². The number of nitrogens with one attached hydrogen (secondary N) is 1. The van der Waals surface area contributed by atoms with Crippen molar-refractivity contribution < 1.29 is 9.47 Å². The molecule has 0 atom stereocenters. The minimum Gasteiger partial charge on any atom is -0.493 e. The monoisotopic (exact) mass is 292 g/mol. The van der Waals surface area contributed by atoms with Crippen LogP contribution < -0.4 is 14.8 Å². The maximum absolute atomic E-state index is 5.79. The van der Waals surface area contributed by atoms with Crippen LogP contribution in [-0.4, -0.2) is 18.6 Å². The molecule has 1 aromatic heterocycles. The second-order valence-electron chi connectivity index (χ2n) is 4.41. The van der Waals surface area contributed by atoms with E-state index in [4.69, 9.17) is 9.47 Å². The minimum absolute atomic E-state index is 0.466. The second kappa shape index (κ2) is 7.26. The third kappa shape index (κ3) is 3.95. The summed E-state index contributed by atoms with van der Waals surface area (Å²) in [5.41, 5.74) is 2.13. The maximum Gasteiger partial charge on any atom is 0.161 e. The molecule has 5 heteroatoms. The summed E-state index contributed by atoms with van der Waals surface area (Å²) in [6.45, 7) is 6.32. The Bertz CT molecular complexity index is 555. The van der Waals surface area contributed by atoms with Gasteiger partial charge in [-0.3, -0.25) is 0 Å². The Kier molecular flexibility index (Phi) is 5.38. The third-order valence-electron chi connectivity index (χ3n) is 2.85. The minimum atomic E-state index is 0.466. The number of hydrogen-bond acceptors (Lipinski definition) is 5. The molecule has 1 aromatic carbocycles. The van der Waals surface area contributed by atoms with E-state index >= 15 is 0 Å². The van der Waals surface area contributed by atoms with Crippen molar-refractivity contribution in [2.75, 3.05) is 13.7 Å². The summed E-state index contributed by atoms with van der Waals surface area (Å²) in [6.07, 6.45) is 0. The van der Waals surface area contributed by atoms with Gasteiger partial charge in [-0.1, -0.05) is 13.0 Å².